The molecule has 0 aromatic heterocycles. The summed E-state index contributed by atoms with van der Waals surface area (Å²) >= 11 is 1.47. The summed E-state index contributed by atoms with van der Waals surface area (Å²) in [4.78, 5) is 28.4. The number of hydrogen-bond acceptors (Lipinski definition) is 6. The predicted octanol–water partition coefficient (Wildman–Crippen LogP) is 6.05. The molecule has 1 amide bonds. The van der Waals surface area contributed by atoms with Crippen LogP contribution in [0, 0.1) is 0 Å². The van der Waals surface area contributed by atoms with Crippen LogP contribution < -0.4 is 15.0 Å². The van der Waals surface area contributed by atoms with Gasteiger partial charge in [0, 0.05) is 24.9 Å². The highest BCUT2D eigenvalue weighted by Gasteiger charge is 2.40. The fraction of sp³-hybridized carbons (Fsp3) is 0.333. The molecule has 1 N–H and O–H groups in total. The summed E-state index contributed by atoms with van der Waals surface area (Å²) in [5.41, 5.74) is 1.54. The van der Waals surface area contributed by atoms with E-state index in [-0.39, 0.29) is 5.91 Å². The Morgan fingerprint density at radius 1 is 1.02 bits per heavy atom. The van der Waals surface area contributed by atoms with E-state index in [1.807, 2.05) is 48.5 Å². The Hall–Kier alpha value is -3.50. The van der Waals surface area contributed by atoms with E-state index in [4.69, 9.17) is 9.47 Å². The largest absolute Gasteiger partial charge is 0.497 e. The number of para-hydroxylation sites is 1. The first-order chi connectivity index (χ1) is 19.2. The van der Waals surface area contributed by atoms with Crippen molar-refractivity contribution in [3.8, 4) is 5.75 Å². The van der Waals surface area contributed by atoms with Crippen LogP contribution in [0.25, 0.3) is 0 Å². The number of carbonyl (C=O) groups excluding carboxylic acids is 2. The monoisotopic (exact) mass is 572 g/mol. The Labute approximate surface area is 235 Å². The van der Waals surface area contributed by atoms with Crippen molar-refractivity contribution in [1.29, 1.82) is 0 Å². The lowest BCUT2D eigenvalue weighted by atomic mass is 10.1. The molecule has 0 fully saturated rings. The van der Waals surface area contributed by atoms with Gasteiger partial charge in [0.1, 0.15) is 5.75 Å². The van der Waals surface area contributed by atoms with Crippen molar-refractivity contribution in [2.24, 2.45) is 0 Å². The van der Waals surface area contributed by atoms with E-state index in [1.165, 1.54) is 30.8 Å². The van der Waals surface area contributed by atoms with Crippen molar-refractivity contribution >= 4 is 29.3 Å². The molecule has 6 nitrogen and oxygen atoms in total. The SMILES string of the molecule is COc1ccc(C2Sc3ccccc3N(CCNCCCc3cccc(C(F)(F)F)c3)C(=O)C2OC(C)=O)cc1. The first-order valence-corrected chi connectivity index (χ1v) is 13.8. The molecule has 3 aromatic rings. The molecule has 0 aliphatic carbocycles. The number of nitrogens with one attached hydrogen (secondary N) is 1. The van der Waals surface area contributed by atoms with Gasteiger partial charge in [-0.3, -0.25) is 9.59 Å². The number of methoxy groups -OCH3 is 1. The molecule has 40 heavy (non-hydrogen) atoms. The second-order valence-electron chi connectivity index (χ2n) is 9.35. The van der Waals surface area contributed by atoms with Gasteiger partial charge in [0.05, 0.1) is 23.6 Å². The maximum absolute atomic E-state index is 13.9. The molecule has 0 radical (unpaired) electrons. The van der Waals surface area contributed by atoms with Crippen molar-refractivity contribution in [1.82, 2.24) is 5.32 Å². The minimum atomic E-state index is -4.36. The van der Waals surface area contributed by atoms with Gasteiger partial charge < -0.3 is 19.7 Å². The zero-order valence-corrected chi connectivity index (χ0v) is 23.1. The smallest absolute Gasteiger partial charge is 0.416 e. The van der Waals surface area contributed by atoms with Gasteiger partial charge in [0.15, 0.2) is 6.10 Å². The Morgan fingerprint density at radius 2 is 1.77 bits per heavy atom. The van der Waals surface area contributed by atoms with Crippen LogP contribution in [0.5, 0.6) is 5.75 Å². The molecule has 0 saturated heterocycles. The molecule has 0 saturated carbocycles. The highest BCUT2D eigenvalue weighted by molar-refractivity contribution is 7.99. The summed E-state index contributed by atoms with van der Waals surface area (Å²) in [5, 5.41) is 2.82. The molecular formula is C30H31F3N2O4S. The summed E-state index contributed by atoms with van der Waals surface area (Å²) < 4.78 is 49.8. The summed E-state index contributed by atoms with van der Waals surface area (Å²) in [6, 6.07) is 20.3. The molecule has 0 spiro atoms. The van der Waals surface area contributed by atoms with Gasteiger partial charge in [0.25, 0.3) is 5.91 Å². The lowest BCUT2D eigenvalue weighted by Gasteiger charge is -2.27. The van der Waals surface area contributed by atoms with Crippen molar-refractivity contribution in [2.45, 2.75) is 42.2 Å². The molecule has 2 atom stereocenters. The van der Waals surface area contributed by atoms with Gasteiger partial charge in [-0.1, -0.05) is 42.5 Å². The van der Waals surface area contributed by atoms with E-state index < -0.39 is 29.1 Å². The predicted molar refractivity (Wildman–Crippen MR) is 149 cm³/mol. The van der Waals surface area contributed by atoms with Crippen LogP contribution in [0.4, 0.5) is 18.9 Å². The van der Waals surface area contributed by atoms with E-state index >= 15 is 0 Å². The Bertz CT molecular complexity index is 1320. The molecule has 1 aliphatic rings. The standard InChI is InChI=1S/C30H31F3N2O4S/c1-20(36)39-27-28(22-12-14-24(38-2)15-13-22)40-26-11-4-3-10-25(26)35(29(27)37)18-17-34-16-6-8-21-7-5-9-23(19-21)30(31,32)33/h3-5,7,9-15,19,27-28,34H,6,8,16-18H2,1-2H3. The number of esters is 1. The molecular weight excluding hydrogens is 541 g/mol. The number of benzene rings is 3. The lowest BCUT2D eigenvalue weighted by molar-refractivity contribution is -0.152. The number of amides is 1. The van der Waals surface area contributed by atoms with Crippen LogP contribution >= 0.6 is 11.8 Å². The number of thioether (sulfide) groups is 1. The normalized spacial score (nSPS) is 17.2. The molecule has 10 heteroatoms. The minimum absolute atomic E-state index is 0.320. The van der Waals surface area contributed by atoms with E-state index in [2.05, 4.69) is 5.32 Å². The number of hydrogen-bond donors (Lipinski definition) is 1. The molecule has 3 aromatic carbocycles. The van der Waals surface area contributed by atoms with E-state index in [9.17, 15) is 22.8 Å². The average molecular weight is 573 g/mol. The number of ether oxygens (including phenoxy) is 2. The third kappa shape index (κ3) is 7.37. The van der Waals surface area contributed by atoms with Gasteiger partial charge in [-0.15, -0.1) is 11.8 Å². The number of anilines is 1. The second kappa shape index (κ2) is 13.2. The molecule has 4 rings (SSSR count). The van der Waals surface area contributed by atoms with Crippen LogP contribution in [0.3, 0.4) is 0 Å². The molecule has 1 heterocycles. The van der Waals surface area contributed by atoms with Crippen LogP contribution in [0.1, 0.15) is 35.3 Å². The molecule has 212 valence electrons. The molecule has 2 unspecified atom stereocenters. The number of fused-ring (bicyclic) bond motifs is 1. The summed E-state index contributed by atoms with van der Waals surface area (Å²) in [6.07, 6.45) is -4.27. The van der Waals surface area contributed by atoms with Crippen molar-refractivity contribution in [3.05, 3.63) is 89.5 Å². The summed E-state index contributed by atoms with van der Waals surface area (Å²) in [6.45, 7) is 2.63. The van der Waals surface area contributed by atoms with E-state index in [0.29, 0.717) is 43.8 Å². The fourth-order valence-electron chi connectivity index (χ4n) is 4.57. The van der Waals surface area contributed by atoms with Crippen molar-refractivity contribution in [3.63, 3.8) is 0 Å². The maximum Gasteiger partial charge on any atom is 0.416 e. The Kier molecular flexibility index (Phi) is 9.76. The van der Waals surface area contributed by atoms with Gasteiger partial charge in [-0.25, -0.2) is 0 Å². The second-order valence-corrected chi connectivity index (χ2v) is 10.5. The first-order valence-electron chi connectivity index (χ1n) is 12.9. The lowest BCUT2D eigenvalue weighted by Crippen LogP contribution is -2.45. The molecule has 0 bridgehead atoms. The van der Waals surface area contributed by atoms with Gasteiger partial charge in [-0.05, 0) is 60.8 Å². The van der Waals surface area contributed by atoms with E-state index in [0.717, 1.165) is 22.2 Å². The highest BCUT2D eigenvalue weighted by atomic mass is 32.2. The number of alkyl halides is 3. The van der Waals surface area contributed by atoms with Gasteiger partial charge in [-0.2, -0.15) is 13.2 Å². The number of rotatable bonds is 10. The number of carbonyl (C=O) groups is 2. The zero-order chi connectivity index (χ0) is 28.7. The van der Waals surface area contributed by atoms with Crippen LogP contribution in [0.2, 0.25) is 0 Å². The number of halogens is 3. The number of aryl methyl sites for hydroxylation is 1. The third-order valence-corrected chi connectivity index (χ3v) is 7.89. The third-order valence-electron chi connectivity index (χ3n) is 6.52. The highest BCUT2D eigenvalue weighted by Crippen LogP contribution is 2.46. The minimum Gasteiger partial charge on any atom is -0.497 e. The first kappa shape index (κ1) is 29.5. The number of nitrogens with zero attached hydrogens (tertiary/aromatic N) is 1. The summed E-state index contributed by atoms with van der Waals surface area (Å²) in [5.74, 6) is -0.186. The van der Waals surface area contributed by atoms with Crippen molar-refractivity contribution < 1.29 is 32.2 Å². The van der Waals surface area contributed by atoms with Crippen LogP contribution in [-0.4, -0.2) is 44.7 Å². The molecule has 1 aliphatic heterocycles. The average Bonchev–Trinajstić information content (AvgIpc) is 3.04. The van der Waals surface area contributed by atoms with Gasteiger partial charge in [0.2, 0.25) is 0 Å². The van der Waals surface area contributed by atoms with Crippen LogP contribution in [-0.2, 0) is 26.9 Å². The van der Waals surface area contributed by atoms with Crippen LogP contribution in [0.15, 0.2) is 77.7 Å². The zero-order valence-electron chi connectivity index (χ0n) is 22.2. The van der Waals surface area contributed by atoms with E-state index in [1.54, 1.807) is 18.1 Å². The Morgan fingerprint density at radius 3 is 2.48 bits per heavy atom. The summed E-state index contributed by atoms with van der Waals surface area (Å²) in [7, 11) is 1.58. The van der Waals surface area contributed by atoms with Gasteiger partial charge >= 0.3 is 12.1 Å². The quantitative estimate of drug-likeness (QED) is 0.236. The topological polar surface area (TPSA) is 67.9 Å². The fourth-order valence-corrected chi connectivity index (χ4v) is 5.89. The van der Waals surface area contributed by atoms with Crippen molar-refractivity contribution in [2.75, 3.05) is 31.6 Å². The Balaban J connectivity index is 1.44. The maximum atomic E-state index is 13.9.